The minimum atomic E-state index is -3.45. The molecule has 1 aromatic heterocycles. The molecule has 1 atom stereocenters. The average molecular weight is 266 g/mol. The molecule has 0 amide bonds. The molecule has 0 spiro atoms. The Morgan fingerprint density at radius 1 is 1.62 bits per heavy atom. The number of aromatic amines is 1. The second-order valence-electron chi connectivity index (χ2n) is 3.52. The van der Waals surface area contributed by atoms with Gasteiger partial charge >= 0.3 is 0 Å². The van der Waals surface area contributed by atoms with Crippen molar-refractivity contribution in [1.82, 2.24) is 14.7 Å². The molecule has 0 aliphatic rings. The fourth-order valence-electron chi connectivity index (χ4n) is 1.30. The van der Waals surface area contributed by atoms with Gasteiger partial charge in [-0.25, -0.2) is 18.1 Å². The number of rotatable bonds is 7. The Morgan fingerprint density at radius 3 is 2.88 bits per heavy atom. The van der Waals surface area contributed by atoms with Crippen LogP contribution in [0, 0.1) is 5.92 Å². The van der Waals surface area contributed by atoms with Crippen LogP contribution < -0.4 is 4.72 Å². The molecule has 0 radical (unpaired) electrons. The molecular formula is C9H16ClN3O2S. The lowest BCUT2D eigenvalue weighted by Gasteiger charge is -2.13. The summed E-state index contributed by atoms with van der Waals surface area (Å²) in [5.41, 5.74) is 0. The maximum atomic E-state index is 11.7. The van der Waals surface area contributed by atoms with Gasteiger partial charge in [0.1, 0.15) is 0 Å². The molecular weight excluding hydrogens is 250 g/mol. The van der Waals surface area contributed by atoms with Gasteiger partial charge < -0.3 is 4.98 Å². The topological polar surface area (TPSA) is 74.8 Å². The van der Waals surface area contributed by atoms with E-state index in [0.29, 0.717) is 12.4 Å². The van der Waals surface area contributed by atoms with Gasteiger partial charge in [-0.05, 0) is 12.3 Å². The molecule has 0 saturated carbocycles. The summed E-state index contributed by atoms with van der Waals surface area (Å²) in [6.07, 6.45) is 4.33. The van der Waals surface area contributed by atoms with Crippen LogP contribution in [0.15, 0.2) is 17.6 Å². The van der Waals surface area contributed by atoms with E-state index in [9.17, 15) is 8.42 Å². The summed E-state index contributed by atoms with van der Waals surface area (Å²) in [5.74, 6) is 0.819. The lowest BCUT2D eigenvalue weighted by Crippen LogP contribution is -2.29. The second-order valence-corrected chi connectivity index (χ2v) is 5.63. The fraction of sp³-hybridized carbons (Fsp3) is 0.667. The summed E-state index contributed by atoms with van der Waals surface area (Å²) in [5, 5.41) is 0.0910. The highest BCUT2D eigenvalue weighted by Gasteiger charge is 2.16. The zero-order valence-electron chi connectivity index (χ0n) is 9.11. The molecule has 0 bridgehead atoms. The van der Waals surface area contributed by atoms with Crippen LogP contribution in [0.5, 0.6) is 0 Å². The van der Waals surface area contributed by atoms with E-state index in [0.717, 1.165) is 12.8 Å². The zero-order chi connectivity index (χ0) is 12.0. The number of sulfonamides is 1. The van der Waals surface area contributed by atoms with Gasteiger partial charge in [-0.1, -0.05) is 13.3 Å². The minimum Gasteiger partial charge on any atom is -0.335 e. The van der Waals surface area contributed by atoms with Gasteiger partial charge in [-0.15, -0.1) is 11.6 Å². The van der Waals surface area contributed by atoms with Crippen LogP contribution in [0.4, 0.5) is 0 Å². The first-order valence-corrected chi connectivity index (χ1v) is 7.16. The summed E-state index contributed by atoms with van der Waals surface area (Å²) < 4.78 is 25.9. The fourth-order valence-corrected chi connectivity index (χ4v) is 2.63. The highest BCUT2D eigenvalue weighted by atomic mass is 35.5. The number of alkyl halides is 1. The Hall–Kier alpha value is -0.590. The molecule has 0 aromatic carbocycles. The van der Waals surface area contributed by atoms with E-state index < -0.39 is 10.0 Å². The van der Waals surface area contributed by atoms with Crippen LogP contribution >= 0.6 is 11.6 Å². The molecule has 1 heterocycles. The predicted octanol–water partition coefficient (Wildman–Crippen LogP) is 1.34. The molecule has 1 rings (SSSR count). The first kappa shape index (κ1) is 13.5. The van der Waals surface area contributed by atoms with Gasteiger partial charge in [0.25, 0.3) is 10.0 Å². The van der Waals surface area contributed by atoms with Gasteiger partial charge in [0.2, 0.25) is 0 Å². The molecule has 5 nitrogen and oxygen atoms in total. The molecule has 1 unspecified atom stereocenters. The van der Waals surface area contributed by atoms with Crippen molar-refractivity contribution >= 4 is 21.6 Å². The van der Waals surface area contributed by atoms with Crippen LogP contribution in [0.1, 0.15) is 19.8 Å². The van der Waals surface area contributed by atoms with E-state index in [4.69, 9.17) is 11.6 Å². The lowest BCUT2D eigenvalue weighted by atomic mass is 10.0. The van der Waals surface area contributed by atoms with E-state index in [1.54, 1.807) is 0 Å². The molecule has 2 N–H and O–H groups in total. The number of imidazole rings is 1. The number of H-pyrrole nitrogens is 1. The van der Waals surface area contributed by atoms with Gasteiger partial charge in [-0.2, -0.15) is 0 Å². The minimum absolute atomic E-state index is 0.0910. The van der Waals surface area contributed by atoms with E-state index in [-0.39, 0.29) is 10.9 Å². The average Bonchev–Trinajstić information content (AvgIpc) is 2.78. The Morgan fingerprint density at radius 2 is 2.38 bits per heavy atom. The second kappa shape index (κ2) is 6.22. The monoisotopic (exact) mass is 265 g/mol. The quantitative estimate of drug-likeness (QED) is 0.731. The highest BCUT2D eigenvalue weighted by Crippen LogP contribution is 2.10. The Kier molecular flexibility index (Phi) is 5.24. The van der Waals surface area contributed by atoms with E-state index in [1.807, 2.05) is 6.92 Å². The largest absolute Gasteiger partial charge is 0.335 e. The van der Waals surface area contributed by atoms with Crippen LogP contribution in [0.3, 0.4) is 0 Å². The standard InChI is InChI=1S/C9H16ClN3O2S/c1-2-8(3-4-10)5-13-16(14,15)9-6-11-7-12-9/h6-8,13H,2-5H2,1H3,(H,11,12). The normalized spacial score (nSPS) is 13.9. The van der Waals surface area contributed by atoms with Crippen LogP contribution in [0.25, 0.3) is 0 Å². The SMILES string of the molecule is CCC(CCCl)CNS(=O)(=O)c1cnc[nH]1. The lowest BCUT2D eigenvalue weighted by molar-refractivity contribution is 0.480. The summed E-state index contributed by atoms with van der Waals surface area (Å²) in [4.78, 5) is 6.24. The van der Waals surface area contributed by atoms with Crippen molar-refractivity contribution in [3.05, 3.63) is 12.5 Å². The molecule has 0 aliphatic carbocycles. The Balaban J connectivity index is 2.54. The number of nitrogens with zero attached hydrogens (tertiary/aromatic N) is 1. The van der Waals surface area contributed by atoms with Crippen molar-refractivity contribution < 1.29 is 8.42 Å². The van der Waals surface area contributed by atoms with Crippen molar-refractivity contribution in [2.24, 2.45) is 5.92 Å². The molecule has 0 aliphatic heterocycles. The molecule has 0 fully saturated rings. The number of hydrogen-bond acceptors (Lipinski definition) is 3. The van der Waals surface area contributed by atoms with E-state index >= 15 is 0 Å². The highest BCUT2D eigenvalue weighted by molar-refractivity contribution is 7.89. The van der Waals surface area contributed by atoms with E-state index in [1.165, 1.54) is 12.5 Å². The van der Waals surface area contributed by atoms with Crippen molar-refractivity contribution in [3.63, 3.8) is 0 Å². The van der Waals surface area contributed by atoms with Gasteiger partial charge in [0.05, 0.1) is 12.5 Å². The number of hydrogen-bond donors (Lipinski definition) is 2. The maximum absolute atomic E-state index is 11.7. The third-order valence-electron chi connectivity index (χ3n) is 2.42. The molecule has 1 aromatic rings. The summed E-state index contributed by atoms with van der Waals surface area (Å²) in [7, 11) is -3.45. The third kappa shape index (κ3) is 3.77. The van der Waals surface area contributed by atoms with Gasteiger partial charge in [0, 0.05) is 12.4 Å². The molecule has 92 valence electrons. The van der Waals surface area contributed by atoms with Crippen molar-refractivity contribution in [2.75, 3.05) is 12.4 Å². The van der Waals surface area contributed by atoms with Crippen molar-refractivity contribution in [3.8, 4) is 0 Å². The summed E-state index contributed by atoms with van der Waals surface area (Å²) >= 11 is 5.63. The van der Waals surface area contributed by atoms with E-state index in [2.05, 4.69) is 14.7 Å². The van der Waals surface area contributed by atoms with Crippen LogP contribution in [-0.2, 0) is 10.0 Å². The number of halogens is 1. The number of nitrogens with one attached hydrogen (secondary N) is 2. The van der Waals surface area contributed by atoms with Crippen LogP contribution in [0.2, 0.25) is 0 Å². The van der Waals surface area contributed by atoms with Crippen molar-refractivity contribution in [2.45, 2.75) is 24.8 Å². The molecule has 7 heteroatoms. The van der Waals surface area contributed by atoms with Gasteiger partial charge in [-0.3, -0.25) is 0 Å². The predicted molar refractivity (Wildman–Crippen MR) is 62.9 cm³/mol. The van der Waals surface area contributed by atoms with Gasteiger partial charge in [0.15, 0.2) is 5.03 Å². The number of aromatic nitrogens is 2. The zero-order valence-corrected chi connectivity index (χ0v) is 10.7. The molecule has 16 heavy (non-hydrogen) atoms. The first-order chi connectivity index (χ1) is 7.60. The summed E-state index contributed by atoms with van der Waals surface area (Å²) in [6.45, 7) is 2.42. The Bertz CT molecular complexity index is 391. The summed E-state index contributed by atoms with van der Waals surface area (Å²) in [6, 6.07) is 0. The first-order valence-electron chi connectivity index (χ1n) is 5.14. The maximum Gasteiger partial charge on any atom is 0.257 e. The van der Waals surface area contributed by atoms with Crippen molar-refractivity contribution in [1.29, 1.82) is 0 Å². The Labute approximate surface area is 101 Å². The smallest absolute Gasteiger partial charge is 0.257 e. The third-order valence-corrected chi connectivity index (χ3v) is 3.99. The molecule has 0 saturated heterocycles. The van der Waals surface area contributed by atoms with Crippen LogP contribution in [-0.4, -0.2) is 30.8 Å².